The van der Waals surface area contributed by atoms with Crippen LogP contribution in [0.4, 0.5) is 0 Å². The smallest absolute Gasteiger partial charge is 0.238 e. The summed E-state index contributed by atoms with van der Waals surface area (Å²) >= 11 is 0. The molecule has 4 aromatic heterocycles. The van der Waals surface area contributed by atoms with Gasteiger partial charge in [-0.15, -0.1) is 0 Å². The molecule has 0 spiro atoms. The Morgan fingerprint density at radius 2 is 0.816 bits per heavy atom. The minimum absolute atomic E-state index is 0.00976. The first-order valence-electron chi connectivity index (χ1n) is 41.8. The third kappa shape index (κ3) is 6.62. The summed E-state index contributed by atoms with van der Waals surface area (Å²) in [6, 6.07) is -30.0. The lowest BCUT2D eigenvalue weighted by Crippen LogP contribution is -2.74. The van der Waals surface area contributed by atoms with Crippen LogP contribution in [-0.2, 0) is 0 Å². The zero-order valence-corrected chi connectivity index (χ0v) is 39.3. The standard InChI is InChI=1S/C69H46N6Si/c1-5-25-48(26-6-1)73-60-41-20-15-36-55(60)65-63(73)44-45-64-66(65)56-37-16-21-42-61(56)75(64)69-71-67(70-68(72-69)57-38-17-22-43-62(57)74-58-39-18-13-34-53(58)54-35-14-19-40-59(54)74)47-24-23-33-52(46-47)76(49-27-7-2-8-28-49,50-29-9-3-10-30-50)51-31-11-4-12-32-51/h1-46H/i1D,2D,3D,4D,5D,6D,7D,8D,9D,10D,11D,12D,13D,14D,16D,18D,19D,21D,23D,24D,25D,26D,27D,28D,29D,30D,31D,32D,33D,34D,35D,37D,39D,40D,42D,44D,45D,46D. The normalized spacial score (nSPS) is 18.9. The highest BCUT2D eigenvalue weighted by molar-refractivity contribution is 7.19. The van der Waals surface area contributed by atoms with Gasteiger partial charge in [-0.25, -0.2) is 4.98 Å². The number of para-hydroxylation sites is 6. The predicted octanol–water partition coefficient (Wildman–Crippen LogP) is 13.9. The Kier molecular flexibility index (Phi) is 4.65. The molecule has 15 aromatic rings. The summed E-state index contributed by atoms with van der Waals surface area (Å²) in [6.07, 6.45) is 0. The molecule has 356 valence electrons. The van der Waals surface area contributed by atoms with Gasteiger partial charge in [-0.05, 0) is 81.2 Å². The second kappa shape index (κ2) is 17.6. The molecule has 0 atom stereocenters. The molecule has 6 nitrogen and oxygen atoms in total. The van der Waals surface area contributed by atoms with Crippen LogP contribution in [0.5, 0.6) is 0 Å². The van der Waals surface area contributed by atoms with Crippen LogP contribution in [0.1, 0.15) is 52.1 Å². The van der Waals surface area contributed by atoms with Crippen molar-refractivity contribution in [3.63, 3.8) is 0 Å². The summed E-state index contributed by atoms with van der Waals surface area (Å²) in [4.78, 5) is 14.6. The Balaban J connectivity index is 1.21. The lowest BCUT2D eigenvalue weighted by molar-refractivity contribution is 0.952. The molecule has 0 aliphatic carbocycles. The average Bonchev–Trinajstić information content (AvgIpc) is 0.786. The largest absolute Gasteiger partial charge is 0.309 e. The summed E-state index contributed by atoms with van der Waals surface area (Å²) in [6.45, 7) is 0. The quantitative estimate of drug-likeness (QED) is 0.107. The molecule has 0 bridgehead atoms. The van der Waals surface area contributed by atoms with E-state index in [1.54, 1.807) is 0 Å². The van der Waals surface area contributed by atoms with Crippen LogP contribution in [0.25, 0.3) is 106 Å². The van der Waals surface area contributed by atoms with Crippen molar-refractivity contribution in [2.24, 2.45) is 0 Å². The summed E-state index contributed by atoms with van der Waals surface area (Å²) in [5, 5.41) is -6.88. The molecular formula is C69H46N6Si. The molecule has 0 saturated carbocycles. The van der Waals surface area contributed by atoms with Crippen molar-refractivity contribution in [1.29, 1.82) is 0 Å². The number of fused-ring (bicyclic) bond motifs is 10. The molecule has 7 heteroatoms. The van der Waals surface area contributed by atoms with Gasteiger partial charge >= 0.3 is 0 Å². The molecule has 0 aliphatic heterocycles. The van der Waals surface area contributed by atoms with E-state index in [0.29, 0.717) is 0 Å². The van der Waals surface area contributed by atoms with Crippen LogP contribution in [-0.4, -0.2) is 36.7 Å². The van der Waals surface area contributed by atoms with E-state index in [4.69, 9.17) is 28.7 Å². The third-order valence-corrected chi connectivity index (χ3v) is 16.8. The first kappa shape index (κ1) is 20.1. The molecule has 0 saturated heterocycles. The SMILES string of the molecule is [2H]c1c([2H])c([2H])c(-n2c3ccccc3c3c4c5c([2H])c([2H])c([2H])c([2H])c5n(-c5nc(-c6ccccc6-n6c7c([2H])c([2H])c([2H])c([2H])c7c7c([2H])c([2H])c([2H])c([2H])c76)nc(-c6c([2H])c([2H])c([2H])c([Si](c7c([2H])c([2H])c([2H])c([2H])c7[2H])(c7c([2H])c([2H])c([2H])c([2H])c7[2H])c7c([2H])c([2H])c([2H])c([2H])c7[2H])c6[2H])n5)c4c([2H])c([2H])c32)c([2H])c1[2H]. The maximum atomic E-state index is 10.9. The van der Waals surface area contributed by atoms with E-state index >= 15 is 0 Å². The Labute approximate surface area is 493 Å². The van der Waals surface area contributed by atoms with Crippen molar-refractivity contribution >= 4 is 94.2 Å². The van der Waals surface area contributed by atoms with E-state index < -0.39 is 331 Å². The van der Waals surface area contributed by atoms with Crippen molar-refractivity contribution in [1.82, 2.24) is 28.7 Å². The van der Waals surface area contributed by atoms with Crippen molar-refractivity contribution in [3.8, 4) is 40.1 Å². The lowest BCUT2D eigenvalue weighted by Gasteiger charge is -2.34. The zero-order chi connectivity index (χ0) is 83.2. The maximum absolute atomic E-state index is 10.9. The summed E-state index contributed by atoms with van der Waals surface area (Å²) in [7, 11) is -6.67. The Morgan fingerprint density at radius 1 is 0.329 bits per heavy atom. The topological polar surface area (TPSA) is 53.5 Å². The predicted molar refractivity (Wildman–Crippen MR) is 317 cm³/mol. The number of benzene rings is 11. The van der Waals surface area contributed by atoms with E-state index in [9.17, 15) is 38.4 Å². The van der Waals surface area contributed by atoms with E-state index in [2.05, 4.69) is 0 Å². The molecule has 11 aromatic carbocycles. The van der Waals surface area contributed by atoms with Gasteiger partial charge in [0.25, 0.3) is 0 Å². The van der Waals surface area contributed by atoms with E-state index in [0.717, 1.165) is 13.7 Å². The number of nitrogens with zero attached hydrogens (tertiary/aromatic N) is 6. The molecule has 0 radical (unpaired) electrons. The Morgan fingerprint density at radius 3 is 1.46 bits per heavy atom. The molecule has 0 unspecified atom stereocenters. The number of aromatic nitrogens is 6. The fraction of sp³-hybridized carbons (Fsp3) is 0. The maximum Gasteiger partial charge on any atom is 0.238 e. The third-order valence-electron chi connectivity index (χ3n) is 12.8. The summed E-state index contributed by atoms with van der Waals surface area (Å²) in [5.74, 6) is -2.95. The minimum atomic E-state index is -6.67. The second-order valence-corrected chi connectivity index (χ2v) is 20.2. The number of rotatable bonds is 9. The van der Waals surface area contributed by atoms with Gasteiger partial charge in [-0.1, -0.05) is 218 Å². The van der Waals surface area contributed by atoms with Crippen LogP contribution < -0.4 is 20.7 Å². The van der Waals surface area contributed by atoms with Crippen molar-refractivity contribution in [3.05, 3.63) is 278 Å². The van der Waals surface area contributed by atoms with E-state index in [1.165, 1.54) is 48.5 Å². The second-order valence-electron chi connectivity index (χ2n) is 16.7. The van der Waals surface area contributed by atoms with Gasteiger partial charge in [0, 0.05) is 49.1 Å². The molecule has 0 amide bonds. The van der Waals surface area contributed by atoms with Gasteiger partial charge in [-0.3, -0.25) is 4.57 Å². The van der Waals surface area contributed by atoms with Gasteiger partial charge in [0.05, 0.1) is 90.9 Å². The van der Waals surface area contributed by atoms with Gasteiger partial charge in [-0.2, -0.15) is 9.97 Å². The van der Waals surface area contributed by atoms with Crippen LogP contribution in [0.15, 0.2) is 278 Å². The van der Waals surface area contributed by atoms with Gasteiger partial charge in [0.2, 0.25) is 5.95 Å². The molecular weight excluding hydrogens is 941 g/mol. The molecule has 4 heterocycles. The van der Waals surface area contributed by atoms with Gasteiger partial charge in [0.1, 0.15) is 0 Å². The molecule has 0 N–H and O–H groups in total. The fourth-order valence-electron chi connectivity index (χ4n) is 9.80. The monoisotopic (exact) mass is 1020 g/mol. The van der Waals surface area contributed by atoms with E-state index in [1.807, 2.05) is 0 Å². The first-order valence-corrected chi connectivity index (χ1v) is 24.8. The van der Waals surface area contributed by atoms with Gasteiger partial charge < -0.3 is 9.13 Å². The molecule has 76 heavy (non-hydrogen) atoms. The highest BCUT2D eigenvalue weighted by Gasteiger charge is 2.41. The molecule has 0 aliphatic rings. The van der Waals surface area contributed by atoms with Crippen molar-refractivity contribution in [2.45, 2.75) is 0 Å². The Hall–Kier alpha value is -9.95. The molecule has 15 rings (SSSR count). The van der Waals surface area contributed by atoms with Crippen molar-refractivity contribution in [2.75, 3.05) is 0 Å². The average molecular weight is 1030 g/mol. The highest BCUT2D eigenvalue weighted by Crippen LogP contribution is 2.43. The number of hydrogen-bond donors (Lipinski definition) is 0. The first-order chi connectivity index (χ1) is 53.5. The highest BCUT2D eigenvalue weighted by atomic mass is 28.3. The summed E-state index contributed by atoms with van der Waals surface area (Å²) < 4.78 is 360. The minimum Gasteiger partial charge on any atom is -0.309 e. The fourth-order valence-corrected chi connectivity index (χ4v) is 13.4. The number of hydrogen-bond acceptors (Lipinski definition) is 3. The zero-order valence-electron chi connectivity index (χ0n) is 76.3. The van der Waals surface area contributed by atoms with Gasteiger partial charge in [0.15, 0.2) is 19.7 Å². The molecule has 0 fully saturated rings. The summed E-state index contributed by atoms with van der Waals surface area (Å²) in [5.41, 5.74) is -5.13. The van der Waals surface area contributed by atoms with Crippen LogP contribution in [0.2, 0.25) is 0 Å². The lowest BCUT2D eigenvalue weighted by atomic mass is 10.1. The van der Waals surface area contributed by atoms with Crippen LogP contribution in [0, 0.1) is 0 Å². The van der Waals surface area contributed by atoms with Crippen LogP contribution in [0.3, 0.4) is 0 Å². The Bertz CT molecular complexity index is 6690. The van der Waals surface area contributed by atoms with Crippen molar-refractivity contribution < 1.29 is 52.1 Å². The van der Waals surface area contributed by atoms with E-state index in [-0.39, 0.29) is 32.9 Å². The van der Waals surface area contributed by atoms with Crippen LogP contribution >= 0.6 is 0 Å².